The molecule has 0 bridgehead atoms. The molecule has 0 unspecified atom stereocenters. The number of thiazole rings is 1. The molecule has 1 aromatic carbocycles. The first-order chi connectivity index (χ1) is 7.16. The third-order valence-electron chi connectivity index (χ3n) is 2.20. The zero-order chi connectivity index (χ0) is 10.8. The lowest BCUT2D eigenvalue weighted by Gasteiger charge is -1.98. The monoisotopic (exact) mass is 221 g/mol. The summed E-state index contributed by atoms with van der Waals surface area (Å²) < 4.78 is 12.7. The first kappa shape index (κ1) is 10.3. The SMILES string of the molecule is CC(C)c1csc(-c2ccc(F)cc2)n1. The van der Waals surface area contributed by atoms with Gasteiger partial charge in [0.2, 0.25) is 0 Å². The molecule has 2 aromatic rings. The Morgan fingerprint density at radius 1 is 1.20 bits per heavy atom. The smallest absolute Gasteiger partial charge is 0.123 e. The van der Waals surface area contributed by atoms with Crippen molar-refractivity contribution < 1.29 is 4.39 Å². The Bertz CT molecular complexity index is 445. The largest absolute Gasteiger partial charge is 0.241 e. The van der Waals surface area contributed by atoms with Crippen LogP contribution in [0.3, 0.4) is 0 Å². The Hall–Kier alpha value is -1.22. The molecule has 1 heterocycles. The van der Waals surface area contributed by atoms with Crippen LogP contribution >= 0.6 is 11.3 Å². The molecule has 0 aliphatic carbocycles. The molecule has 0 N–H and O–H groups in total. The first-order valence-electron chi connectivity index (χ1n) is 4.88. The van der Waals surface area contributed by atoms with Crippen LogP contribution in [-0.4, -0.2) is 4.98 Å². The van der Waals surface area contributed by atoms with Gasteiger partial charge >= 0.3 is 0 Å². The Balaban J connectivity index is 2.33. The molecule has 0 spiro atoms. The molecule has 0 atom stereocenters. The van der Waals surface area contributed by atoms with Gasteiger partial charge in [0, 0.05) is 10.9 Å². The number of hydrogen-bond acceptors (Lipinski definition) is 2. The molecular weight excluding hydrogens is 209 g/mol. The van der Waals surface area contributed by atoms with E-state index in [1.54, 1.807) is 23.5 Å². The lowest BCUT2D eigenvalue weighted by molar-refractivity contribution is 0.628. The quantitative estimate of drug-likeness (QED) is 0.744. The summed E-state index contributed by atoms with van der Waals surface area (Å²) in [5.41, 5.74) is 2.08. The number of rotatable bonds is 2. The van der Waals surface area contributed by atoms with Gasteiger partial charge in [0.1, 0.15) is 10.8 Å². The molecule has 1 nitrogen and oxygen atoms in total. The minimum absolute atomic E-state index is 0.209. The molecule has 2 rings (SSSR count). The summed E-state index contributed by atoms with van der Waals surface area (Å²) >= 11 is 1.60. The summed E-state index contributed by atoms with van der Waals surface area (Å²) in [6.45, 7) is 4.23. The standard InChI is InChI=1S/C12H12FNS/c1-8(2)11-7-15-12(14-11)9-3-5-10(13)6-4-9/h3-8H,1-2H3. The second kappa shape index (κ2) is 4.11. The van der Waals surface area contributed by atoms with Crippen molar-refractivity contribution in [3.8, 4) is 10.6 Å². The van der Waals surface area contributed by atoms with Crippen LogP contribution in [0.25, 0.3) is 10.6 Å². The highest BCUT2D eigenvalue weighted by Crippen LogP contribution is 2.26. The Labute approximate surface area is 92.6 Å². The number of aromatic nitrogens is 1. The molecule has 0 aliphatic rings. The van der Waals surface area contributed by atoms with Gasteiger partial charge in [-0.25, -0.2) is 9.37 Å². The summed E-state index contributed by atoms with van der Waals surface area (Å²) in [5.74, 6) is 0.231. The fourth-order valence-corrected chi connectivity index (χ4v) is 2.26. The van der Waals surface area contributed by atoms with Crippen LogP contribution in [-0.2, 0) is 0 Å². The molecule has 78 valence electrons. The van der Waals surface area contributed by atoms with Crippen molar-refractivity contribution in [3.05, 3.63) is 41.2 Å². The van der Waals surface area contributed by atoms with Gasteiger partial charge in [-0.2, -0.15) is 0 Å². The molecule has 1 aromatic heterocycles. The number of benzene rings is 1. The third-order valence-corrected chi connectivity index (χ3v) is 3.11. The van der Waals surface area contributed by atoms with Gasteiger partial charge in [0.05, 0.1) is 5.69 Å². The second-order valence-corrected chi connectivity index (χ2v) is 4.60. The molecule has 0 aliphatic heterocycles. The highest BCUT2D eigenvalue weighted by Gasteiger charge is 2.07. The first-order valence-corrected chi connectivity index (χ1v) is 5.76. The van der Waals surface area contributed by atoms with Gasteiger partial charge in [0.25, 0.3) is 0 Å². The fraction of sp³-hybridized carbons (Fsp3) is 0.250. The zero-order valence-corrected chi connectivity index (χ0v) is 9.51. The van der Waals surface area contributed by atoms with Crippen LogP contribution in [0.1, 0.15) is 25.5 Å². The maximum absolute atomic E-state index is 12.7. The van der Waals surface area contributed by atoms with Crippen LogP contribution in [0.2, 0.25) is 0 Å². The van der Waals surface area contributed by atoms with E-state index in [1.807, 2.05) is 0 Å². The summed E-state index contributed by atoms with van der Waals surface area (Å²) in [7, 11) is 0. The van der Waals surface area contributed by atoms with Gasteiger partial charge in [0.15, 0.2) is 0 Å². The van der Waals surface area contributed by atoms with Crippen molar-refractivity contribution in [2.24, 2.45) is 0 Å². The predicted octanol–water partition coefficient (Wildman–Crippen LogP) is 4.07. The zero-order valence-electron chi connectivity index (χ0n) is 8.70. The second-order valence-electron chi connectivity index (χ2n) is 3.74. The predicted molar refractivity (Wildman–Crippen MR) is 61.6 cm³/mol. The van der Waals surface area contributed by atoms with E-state index >= 15 is 0 Å². The molecule has 15 heavy (non-hydrogen) atoms. The van der Waals surface area contributed by atoms with Gasteiger partial charge in [-0.15, -0.1) is 11.3 Å². The summed E-state index contributed by atoms with van der Waals surface area (Å²) in [6, 6.07) is 6.45. The topological polar surface area (TPSA) is 12.9 Å². The van der Waals surface area contributed by atoms with Gasteiger partial charge < -0.3 is 0 Å². The van der Waals surface area contributed by atoms with E-state index in [0.717, 1.165) is 16.3 Å². The van der Waals surface area contributed by atoms with Crippen molar-refractivity contribution >= 4 is 11.3 Å². The molecule has 0 saturated carbocycles. The molecule has 0 saturated heterocycles. The Morgan fingerprint density at radius 2 is 1.87 bits per heavy atom. The number of hydrogen-bond donors (Lipinski definition) is 0. The molecule has 3 heteroatoms. The normalized spacial score (nSPS) is 10.9. The number of halogens is 1. The maximum atomic E-state index is 12.7. The number of nitrogens with zero attached hydrogens (tertiary/aromatic N) is 1. The van der Waals surface area contributed by atoms with Crippen LogP contribution < -0.4 is 0 Å². The van der Waals surface area contributed by atoms with Crippen molar-refractivity contribution in [2.45, 2.75) is 19.8 Å². The van der Waals surface area contributed by atoms with Crippen molar-refractivity contribution in [3.63, 3.8) is 0 Å². The highest BCUT2D eigenvalue weighted by molar-refractivity contribution is 7.13. The van der Waals surface area contributed by atoms with E-state index < -0.39 is 0 Å². The summed E-state index contributed by atoms with van der Waals surface area (Å²) in [4.78, 5) is 4.51. The minimum Gasteiger partial charge on any atom is -0.241 e. The van der Waals surface area contributed by atoms with Crippen molar-refractivity contribution in [1.29, 1.82) is 0 Å². The summed E-state index contributed by atoms with van der Waals surface area (Å²) in [6.07, 6.45) is 0. The van der Waals surface area contributed by atoms with Gasteiger partial charge in [-0.1, -0.05) is 13.8 Å². The van der Waals surface area contributed by atoms with E-state index in [1.165, 1.54) is 12.1 Å². The van der Waals surface area contributed by atoms with Crippen molar-refractivity contribution in [1.82, 2.24) is 4.98 Å². The van der Waals surface area contributed by atoms with Gasteiger partial charge in [-0.3, -0.25) is 0 Å². The van der Waals surface area contributed by atoms with Crippen LogP contribution in [0.5, 0.6) is 0 Å². The van der Waals surface area contributed by atoms with E-state index in [0.29, 0.717) is 5.92 Å². The summed E-state index contributed by atoms with van der Waals surface area (Å²) in [5, 5.41) is 3.02. The van der Waals surface area contributed by atoms with E-state index in [9.17, 15) is 4.39 Å². The van der Waals surface area contributed by atoms with E-state index in [2.05, 4.69) is 24.2 Å². The van der Waals surface area contributed by atoms with Crippen LogP contribution in [0, 0.1) is 5.82 Å². The van der Waals surface area contributed by atoms with E-state index in [-0.39, 0.29) is 5.82 Å². The van der Waals surface area contributed by atoms with Crippen LogP contribution in [0.15, 0.2) is 29.6 Å². The molecule has 0 radical (unpaired) electrons. The average Bonchev–Trinajstić information content (AvgIpc) is 2.68. The molecule has 0 amide bonds. The minimum atomic E-state index is -0.209. The van der Waals surface area contributed by atoms with Crippen LogP contribution in [0.4, 0.5) is 4.39 Å². The molecule has 0 fully saturated rings. The Kier molecular flexibility index (Phi) is 2.82. The lowest BCUT2D eigenvalue weighted by atomic mass is 10.1. The average molecular weight is 221 g/mol. The molecular formula is C12H12FNS. The Morgan fingerprint density at radius 3 is 2.40 bits per heavy atom. The van der Waals surface area contributed by atoms with Crippen molar-refractivity contribution in [2.75, 3.05) is 0 Å². The fourth-order valence-electron chi connectivity index (χ4n) is 1.28. The van der Waals surface area contributed by atoms with E-state index in [4.69, 9.17) is 0 Å². The highest BCUT2D eigenvalue weighted by atomic mass is 32.1. The third kappa shape index (κ3) is 2.23. The maximum Gasteiger partial charge on any atom is 0.123 e. The van der Waals surface area contributed by atoms with Gasteiger partial charge in [-0.05, 0) is 30.2 Å². The lowest BCUT2D eigenvalue weighted by Crippen LogP contribution is -1.86.